The zero-order chi connectivity index (χ0) is 25.3. The molecule has 1 N–H and O–H groups in total. The molecule has 0 spiro atoms. The number of carbonyl (C=O) groups excluding carboxylic acids is 1. The third-order valence-corrected chi connectivity index (χ3v) is 7.69. The minimum absolute atomic E-state index is 0.106. The number of para-hydroxylation sites is 1. The second-order valence-corrected chi connectivity index (χ2v) is 11.3. The number of amides is 1. The summed E-state index contributed by atoms with van der Waals surface area (Å²) in [6, 6.07) is 18.5. The second-order valence-electron chi connectivity index (χ2n) is 10.5. The van der Waals surface area contributed by atoms with Crippen LogP contribution in [0.15, 0.2) is 54.6 Å². The molecule has 3 heterocycles. The molecule has 4 aromatic rings. The molecule has 0 unspecified atom stereocenters. The second kappa shape index (κ2) is 10.0. The molecule has 0 radical (unpaired) electrons. The van der Waals surface area contributed by atoms with E-state index in [9.17, 15) is 4.79 Å². The van der Waals surface area contributed by atoms with E-state index in [1.807, 2.05) is 31.3 Å². The molecule has 7 nitrogen and oxygen atoms in total. The molecule has 0 bridgehead atoms. The Bertz CT molecular complexity index is 1360. The zero-order valence-electron chi connectivity index (χ0n) is 21.5. The predicted octanol–water partition coefficient (Wildman–Crippen LogP) is 4.94. The monoisotopic (exact) mass is 502 g/mol. The van der Waals surface area contributed by atoms with E-state index >= 15 is 0 Å². The molecule has 1 amide bonds. The molecule has 2 aromatic heterocycles. The average molecular weight is 503 g/mol. The van der Waals surface area contributed by atoms with Gasteiger partial charge in [0, 0.05) is 56.3 Å². The molecule has 2 aromatic carbocycles. The highest BCUT2D eigenvalue weighted by Gasteiger charge is 2.23. The van der Waals surface area contributed by atoms with Crippen molar-refractivity contribution in [2.24, 2.45) is 7.05 Å². The highest BCUT2D eigenvalue weighted by atomic mass is 32.1. The summed E-state index contributed by atoms with van der Waals surface area (Å²) < 4.78 is 7.64. The van der Waals surface area contributed by atoms with Gasteiger partial charge in [0.1, 0.15) is 11.5 Å². The molecule has 0 atom stereocenters. The molecule has 0 saturated carbocycles. The van der Waals surface area contributed by atoms with Crippen LogP contribution in [0, 0.1) is 0 Å². The number of aromatic nitrogens is 3. The Labute approximate surface area is 216 Å². The summed E-state index contributed by atoms with van der Waals surface area (Å²) in [6.45, 7) is 11.2. The van der Waals surface area contributed by atoms with E-state index in [0.717, 1.165) is 61.9 Å². The topological polar surface area (TPSA) is 66.3 Å². The molecule has 5 rings (SSSR count). The molecule has 1 aliphatic heterocycles. The molecule has 1 aliphatic rings. The number of benzene rings is 2. The molecule has 188 valence electrons. The summed E-state index contributed by atoms with van der Waals surface area (Å²) in [5.41, 5.74) is 3.39. The Hall–Kier alpha value is -3.23. The van der Waals surface area contributed by atoms with Crippen LogP contribution < -0.4 is 10.2 Å². The van der Waals surface area contributed by atoms with Crippen LogP contribution in [0.1, 0.15) is 42.5 Å². The molecular weight excluding hydrogens is 468 g/mol. The van der Waals surface area contributed by atoms with Crippen LogP contribution in [-0.4, -0.2) is 57.7 Å². The van der Waals surface area contributed by atoms with Crippen LogP contribution in [0.25, 0.3) is 10.1 Å². The number of hydrogen-bond acceptors (Lipinski definition) is 6. The number of anilines is 2. The summed E-state index contributed by atoms with van der Waals surface area (Å²) in [4.78, 5) is 18.0. The lowest BCUT2D eigenvalue weighted by Crippen LogP contribution is -2.47. The normalized spacial score (nSPS) is 14.9. The van der Waals surface area contributed by atoms with Crippen LogP contribution in [-0.2, 0) is 18.9 Å². The van der Waals surface area contributed by atoms with Crippen molar-refractivity contribution in [3.63, 3.8) is 0 Å². The van der Waals surface area contributed by atoms with Gasteiger partial charge in [0.05, 0.1) is 10.4 Å². The highest BCUT2D eigenvalue weighted by molar-refractivity contribution is 7.13. The van der Waals surface area contributed by atoms with Crippen molar-refractivity contribution in [3.8, 4) is 0 Å². The number of nitrogens with one attached hydrogen (secondary N) is 1. The fourth-order valence-electron chi connectivity index (χ4n) is 4.66. The minimum atomic E-state index is -0.128. The van der Waals surface area contributed by atoms with E-state index in [4.69, 9.17) is 4.37 Å². The van der Waals surface area contributed by atoms with Gasteiger partial charge in [-0.05, 0) is 47.8 Å². The quantitative estimate of drug-likeness (QED) is 0.404. The zero-order valence-corrected chi connectivity index (χ0v) is 22.3. The highest BCUT2D eigenvalue weighted by Crippen LogP contribution is 2.30. The van der Waals surface area contributed by atoms with Crippen LogP contribution in [0.2, 0.25) is 0 Å². The fraction of sp³-hybridized carbons (Fsp3) is 0.393. The first-order valence-corrected chi connectivity index (χ1v) is 13.3. The molecule has 0 aliphatic carbocycles. The van der Waals surface area contributed by atoms with Crippen LogP contribution in [0.3, 0.4) is 0 Å². The van der Waals surface area contributed by atoms with Gasteiger partial charge in [-0.2, -0.15) is 9.47 Å². The molecular formula is C28H34N6OS. The Morgan fingerprint density at radius 1 is 1.03 bits per heavy atom. The van der Waals surface area contributed by atoms with E-state index in [1.54, 1.807) is 16.2 Å². The van der Waals surface area contributed by atoms with Gasteiger partial charge in [0.25, 0.3) is 5.91 Å². The van der Waals surface area contributed by atoms with E-state index in [0.29, 0.717) is 5.69 Å². The lowest BCUT2D eigenvalue weighted by molar-refractivity contribution is 0.101. The summed E-state index contributed by atoms with van der Waals surface area (Å²) in [6.07, 6.45) is 0.884. The first-order valence-electron chi connectivity index (χ1n) is 12.5. The Balaban J connectivity index is 1.19. The lowest BCUT2D eigenvalue weighted by atomic mass is 9.92. The van der Waals surface area contributed by atoms with E-state index in [1.165, 1.54) is 10.1 Å². The van der Waals surface area contributed by atoms with E-state index < -0.39 is 0 Å². The largest absolute Gasteiger partial charge is 0.353 e. The van der Waals surface area contributed by atoms with Gasteiger partial charge in [-0.15, -0.1) is 0 Å². The first kappa shape index (κ1) is 24.5. The van der Waals surface area contributed by atoms with Crippen molar-refractivity contribution in [1.29, 1.82) is 0 Å². The van der Waals surface area contributed by atoms with Gasteiger partial charge >= 0.3 is 0 Å². The summed E-state index contributed by atoms with van der Waals surface area (Å²) >= 11 is 1.58. The maximum absolute atomic E-state index is 13.1. The van der Waals surface area contributed by atoms with Crippen molar-refractivity contribution in [2.45, 2.75) is 32.6 Å². The van der Waals surface area contributed by atoms with Crippen molar-refractivity contribution in [1.82, 2.24) is 19.1 Å². The number of fused-ring (bicyclic) bond motifs is 1. The third-order valence-electron chi connectivity index (χ3n) is 6.87. The SMILES string of the molecule is Cn1nc(C(C)(C)C)cc1C(=O)Nc1ccccc1CCN1CCN(c2nsc3ccccc23)CC1. The van der Waals surface area contributed by atoms with Crippen LogP contribution in [0.5, 0.6) is 0 Å². The van der Waals surface area contributed by atoms with Crippen molar-refractivity contribution >= 4 is 39.0 Å². The standard InChI is InChI=1S/C28H34N6OS/c1-28(2,3)25-19-23(32(4)30-25)27(35)29-22-11-7-5-9-20(22)13-14-33-15-17-34(18-16-33)26-21-10-6-8-12-24(21)36-31-26/h5-12,19H,13-18H2,1-4H3,(H,29,35). The summed E-state index contributed by atoms with van der Waals surface area (Å²) in [5.74, 6) is 0.991. The molecule has 1 saturated heterocycles. The smallest absolute Gasteiger partial charge is 0.273 e. The van der Waals surface area contributed by atoms with Crippen LogP contribution >= 0.6 is 11.5 Å². The summed E-state index contributed by atoms with van der Waals surface area (Å²) in [7, 11) is 1.82. The molecule has 8 heteroatoms. The first-order chi connectivity index (χ1) is 17.3. The molecule has 1 fully saturated rings. The van der Waals surface area contributed by atoms with E-state index in [-0.39, 0.29) is 11.3 Å². The molecule has 36 heavy (non-hydrogen) atoms. The number of piperazine rings is 1. The summed E-state index contributed by atoms with van der Waals surface area (Å²) in [5, 5.41) is 8.93. The average Bonchev–Trinajstić information content (AvgIpc) is 3.48. The van der Waals surface area contributed by atoms with Crippen molar-refractivity contribution < 1.29 is 4.79 Å². The maximum atomic E-state index is 13.1. The van der Waals surface area contributed by atoms with Gasteiger partial charge in [0.2, 0.25) is 0 Å². The third kappa shape index (κ3) is 5.15. The fourth-order valence-corrected chi connectivity index (χ4v) is 5.45. The van der Waals surface area contributed by atoms with Gasteiger partial charge in [-0.25, -0.2) is 0 Å². The Kier molecular flexibility index (Phi) is 6.81. The Morgan fingerprint density at radius 3 is 2.50 bits per heavy atom. The number of hydrogen-bond donors (Lipinski definition) is 1. The number of carbonyl (C=O) groups is 1. The number of rotatable bonds is 6. The maximum Gasteiger partial charge on any atom is 0.273 e. The van der Waals surface area contributed by atoms with Gasteiger partial charge in [-0.1, -0.05) is 51.1 Å². The van der Waals surface area contributed by atoms with Crippen LogP contribution in [0.4, 0.5) is 11.5 Å². The number of aryl methyl sites for hydroxylation is 1. The van der Waals surface area contributed by atoms with E-state index in [2.05, 4.69) is 71.3 Å². The lowest BCUT2D eigenvalue weighted by Gasteiger charge is -2.35. The minimum Gasteiger partial charge on any atom is -0.353 e. The predicted molar refractivity (Wildman–Crippen MR) is 148 cm³/mol. The van der Waals surface area contributed by atoms with Gasteiger partial charge < -0.3 is 10.2 Å². The van der Waals surface area contributed by atoms with Crippen molar-refractivity contribution in [2.75, 3.05) is 42.9 Å². The van der Waals surface area contributed by atoms with Crippen molar-refractivity contribution in [3.05, 3.63) is 71.5 Å². The van der Waals surface area contributed by atoms with Gasteiger partial charge in [-0.3, -0.25) is 14.4 Å². The van der Waals surface area contributed by atoms with Gasteiger partial charge in [0.15, 0.2) is 0 Å². The Morgan fingerprint density at radius 2 is 1.75 bits per heavy atom. The number of nitrogens with zero attached hydrogens (tertiary/aromatic N) is 5.